The highest BCUT2D eigenvalue weighted by Crippen LogP contribution is 2.20. The Morgan fingerprint density at radius 2 is 0.939 bits per heavy atom. The number of carbonyl (C=O) groups is 4. The Morgan fingerprint density at radius 3 is 1.36 bits per heavy atom. The van der Waals surface area contributed by atoms with Crippen LogP contribution in [0, 0.1) is 0 Å². The summed E-state index contributed by atoms with van der Waals surface area (Å²) in [6.45, 7) is 0. The highest BCUT2D eigenvalue weighted by molar-refractivity contribution is 6.08. The lowest BCUT2D eigenvalue weighted by Gasteiger charge is -2.08. The summed E-state index contributed by atoms with van der Waals surface area (Å²) in [6.07, 6.45) is -1.30. The molecule has 0 unspecified atom stereocenters. The molecule has 0 saturated carbocycles. The van der Waals surface area contributed by atoms with Gasteiger partial charge in [0.15, 0.2) is 0 Å². The Morgan fingerprint density at radius 1 is 0.545 bits per heavy atom. The average molecular weight is 440 g/mol. The molecule has 2 N–H and O–H groups in total. The van der Waals surface area contributed by atoms with Gasteiger partial charge in [-0.25, -0.2) is 0 Å². The van der Waals surface area contributed by atoms with Gasteiger partial charge < -0.3 is 15.4 Å². The van der Waals surface area contributed by atoms with Gasteiger partial charge in [0, 0.05) is 11.4 Å². The smallest absolute Gasteiger partial charge is 0.322 e. The van der Waals surface area contributed by atoms with Gasteiger partial charge in [0.2, 0.25) is 11.8 Å². The van der Waals surface area contributed by atoms with E-state index < -0.39 is 36.6 Å². The largest absolute Gasteiger partial charge is 0.392 e. The van der Waals surface area contributed by atoms with Gasteiger partial charge in [-0.3, -0.25) is 19.2 Å². The van der Waals surface area contributed by atoms with Crippen molar-refractivity contribution in [2.75, 3.05) is 10.6 Å². The number of hydrogen-bond donors (Lipinski definition) is 2. The number of carbonyl (C=O) groups excluding carboxylic acids is 4. The van der Waals surface area contributed by atoms with Gasteiger partial charge in [-0.1, -0.05) is 60.7 Å². The predicted octanol–water partition coefficient (Wildman–Crippen LogP) is 4.42. The lowest BCUT2D eigenvalue weighted by atomic mass is 10.1. The molecule has 0 heterocycles. The van der Waals surface area contributed by atoms with Gasteiger partial charge in [-0.15, -0.1) is 0 Å². The van der Waals surface area contributed by atoms with Crippen LogP contribution in [0.25, 0.3) is 21.5 Å². The van der Waals surface area contributed by atoms with Crippen molar-refractivity contribution in [3.8, 4) is 0 Å². The number of ether oxygens (including phenoxy) is 1. The quantitative estimate of drug-likeness (QED) is 0.341. The number of fused-ring (bicyclic) bond motifs is 2. The van der Waals surface area contributed by atoms with Crippen molar-refractivity contribution in [1.82, 2.24) is 0 Å². The summed E-state index contributed by atoms with van der Waals surface area (Å²) in [5, 5.41) is 9.10. The second-order valence-electron chi connectivity index (χ2n) is 7.42. The number of anilines is 2. The van der Waals surface area contributed by atoms with Crippen LogP contribution < -0.4 is 10.6 Å². The zero-order valence-corrected chi connectivity index (χ0v) is 17.5. The molecule has 0 aliphatic carbocycles. The van der Waals surface area contributed by atoms with Crippen molar-refractivity contribution in [1.29, 1.82) is 0 Å². The Labute approximate surface area is 189 Å². The summed E-state index contributed by atoms with van der Waals surface area (Å²) in [4.78, 5) is 48.1. The Balaban J connectivity index is 1.25. The minimum atomic E-state index is -1.03. The molecule has 0 spiro atoms. The first-order valence-corrected chi connectivity index (χ1v) is 10.3. The normalized spacial score (nSPS) is 10.5. The van der Waals surface area contributed by atoms with E-state index in [9.17, 15) is 19.2 Å². The van der Waals surface area contributed by atoms with Crippen LogP contribution in [-0.2, 0) is 23.9 Å². The molecule has 0 aromatic heterocycles. The van der Waals surface area contributed by atoms with Gasteiger partial charge in [0.1, 0.15) is 12.8 Å². The van der Waals surface area contributed by atoms with Crippen LogP contribution in [0.15, 0.2) is 84.9 Å². The summed E-state index contributed by atoms with van der Waals surface area (Å²) in [6, 6.07) is 26.0. The molecular formula is C26H20N2O5. The van der Waals surface area contributed by atoms with E-state index in [4.69, 9.17) is 0 Å². The van der Waals surface area contributed by atoms with Gasteiger partial charge in [-0.05, 0) is 45.8 Å². The molecule has 0 aliphatic heterocycles. The molecule has 0 aliphatic rings. The molecule has 0 fully saturated rings. The third kappa shape index (κ3) is 5.80. The molecular weight excluding hydrogens is 420 g/mol. The molecule has 33 heavy (non-hydrogen) atoms. The highest BCUT2D eigenvalue weighted by atomic mass is 16.6. The number of benzene rings is 4. The van der Waals surface area contributed by atoms with Crippen molar-refractivity contribution in [2.45, 2.75) is 12.8 Å². The van der Waals surface area contributed by atoms with Crippen LogP contribution >= 0.6 is 0 Å². The Kier molecular flexibility index (Phi) is 6.40. The maximum Gasteiger partial charge on any atom is 0.322 e. The SMILES string of the molecule is O=C(CC(=O)OC(=O)CC(=O)Nc1ccc2ccccc2c1)Nc1ccc2ccccc2c1. The van der Waals surface area contributed by atoms with Crippen LogP contribution in [0.1, 0.15) is 12.8 Å². The second-order valence-corrected chi connectivity index (χ2v) is 7.42. The lowest BCUT2D eigenvalue weighted by molar-refractivity contribution is -0.160. The van der Waals surface area contributed by atoms with Gasteiger partial charge in [0.25, 0.3) is 0 Å². The number of rotatable bonds is 6. The van der Waals surface area contributed by atoms with Gasteiger partial charge in [-0.2, -0.15) is 0 Å². The van der Waals surface area contributed by atoms with Crippen LogP contribution in [0.5, 0.6) is 0 Å². The zero-order valence-electron chi connectivity index (χ0n) is 17.5. The van der Waals surface area contributed by atoms with E-state index in [1.165, 1.54) is 0 Å². The molecule has 4 rings (SSSR count). The van der Waals surface area contributed by atoms with E-state index in [-0.39, 0.29) is 0 Å². The fraction of sp³-hybridized carbons (Fsp3) is 0.0769. The Hall–Kier alpha value is -4.52. The maximum atomic E-state index is 12.1. The average Bonchev–Trinajstić information content (AvgIpc) is 2.78. The monoisotopic (exact) mass is 440 g/mol. The summed E-state index contributed by atoms with van der Waals surface area (Å²) < 4.78 is 4.61. The van der Waals surface area contributed by atoms with E-state index in [2.05, 4.69) is 15.4 Å². The van der Waals surface area contributed by atoms with Gasteiger partial charge in [0.05, 0.1) is 0 Å². The van der Waals surface area contributed by atoms with E-state index in [0.717, 1.165) is 21.5 Å². The zero-order chi connectivity index (χ0) is 23.2. The predicted molar refractivity (Wildman–Crippen MR) is 125 cm³/mol. The van der Waals surface area contributed by atoms with Crippen molar-refractivity contribution in [3.05, 3.63) is 84.9 Å². The molecule has 4 aromatic rings. The Bertz CT molecular complexity index is 1270. The van der Waals surface area contributed by atoms with Crippen LogP contribution in [-0.4, -0.2) is 23.8 Å². The molecule has 0 radical (unpaired) electrons. The number of amides is 2. The molecule has 2 amide bonds. The van der Waals surface area contributed by atoms with Gasteiger partial charge >= 0.3 is 11.9 Å². The van der Waals surface area contributed by atoms with Crippen molar-refractivity contribution < 1.29 is 23.9 Å². The number of esters is 2. The lowest BCUT2D eigenvalue weighted by Crippen LogP contribution is -2.23. The standard InChI is InChI=1S/C26H20N2O5/c29-23(27-21-11-9-17-5-1-3-7-19(17)13-21)15-25(31)33-26(32)16-24(30)28-22-12-10-18-6-2-4-8-20(18)14-22/h1-14H,15-16H2,(H,27,29)(H,28,30). The fourth-order valence-electron chi connectivity index (χ4n) is 3.41. The summed E-state index contributed by atoms with van der Waals surface area (Å²) in [5.41, 5.74) is 1.04. The molecule has 4 aromatic carbocycles. The van der Waals surface area contributed by atoms with E-state index >= 15 is 0 Å². The molecule has 164 valence electrons. The number of hydrogen-bond acceptors (Lipinski definition) is 5. The third-order valence-electron chi connectivity index (χ3n) is 4.90. The van der Waals surface area contributed by atoms with Crippen LogP contribution in [0.4, 0.5) is 11.4 Å². The summed E-state index contributed by atoms with van der Waals surface area (Å²) >= 11 is 0. The first-order chi connectivity index (χ1) is 16.0. The molecule has 7 heteroatoms. The fourth-order valence-corrected chi connectivity index (χ4v) is 3.41. The molecule has 0 bridgehead atoms. The van der Waals surface area contributed by atoms with Crippen LogP contribution in [0.3, 0.4) is 0 Å². The van der Waals surface area contributed by atoms with E-state index in [1.54, 1.807) is 24.3 Å². The first kappa shape index (κ1) is 21.7. The van der Waals surface area contributed by atoms with Crippen molar-refractivity contribution >= 4 is 56.7 Å². The number of nitrogens with one attached hydrogen (secondary N) is 2. The summed E-state index contributed by atoms with van der Waals surface area (Å²) in [5.74, 6) is -3.30. The van der Waals surface area contributed by atoms with E-state index in [0.29, 0.717) is 11.4 Å². The van der Waals surface area contributed by atoms with Crippen molar-refractivity contribution in [2.24, 2.45) is 0 Å². The van der Waals surface area contributed by atoms with Crippen LogP contribution in [0.2, 0.25) is 0 Å². The van der Waals surface area contributed by atoms with E-state index in [1.807, 2.05) is 60.7 Å². The minimum Gasteiger partial charge on any atom is -0.392 e. The molecule has 0 saturated heterocycles. The topological polar surface area (TPSA) is 102 Å². The first-order valence-electron chi connectivity index (χ1n) is 10.3. The minimum absolute atomic E-state index is 0.521. The molecule has 7 nitrogen and oxygen atoms in total. The highest BCUT2D eigenvalue weighted by Gasteiger charge is 2.18. The third-order valence-corrected chi connectivity index (χ3v) is 4.90. The van der Waals surface area contributed by atoms with Crippen molar-refractivity contribution in [3.63, 3.8) is 0 Å². The molecule has 0 atom stereocenters. The summed E-state index contributed by atoms with van der Waals surface area (Å²) in [7, 11) is 0. The maximum absolute atomic E-state index is 12.1. The second kappa shape index (κ2) is 9.74.